The summed E-state index contributed by atoms with van der Waals surface area (Å²) in [4.78, 5) is 25.6. The summed E-state index contributed by atoms with van der Waals surface area (Å²) in [5.74, 6) is 1.26. The Bertz CT molecular complexity index is 946. The molecule has 1 saturated heterocycles. The molecule has 2 aromatic carbocycles. The number of rotatable bonds is 7. The summed E-state index contributed by atoms with van der Waals surface area (Å²) in [5.41, 5.74) is 2.35. The van der Waals surface area contributed by atoms with Gasteiger partial charge in [0.05, 0.1) is 5.75 Å². The highest BCUT2D eigenvalue weighted by atomic mass is 32.2. The van der Waals surface area contributed by atoms with Gasteiger partial charge in [0, 0.05) is 44.5 Å². The molecule has 1 fully saturated rings. The van der Waals surface area contributed by atoms with E-state index in [9.17, 15) is 4.79 Å². The maximum atomic E-state index is 12.2. The van der Waals surface area contributed by atoms with Crippen LogP contribution in [0, 0.1) is 0 Å². The highest BCUT2D eigenvalue weighted by Gasteiger charge is 2.18. The van der Waals surface area contributed by atoms with Gasteiger partial charge in [-0.25, -0.2) is 9.97 Å². The number of benzene rings is 2. The molecule has 30 heavy (non-hydrogen) atoms. The minimum Gasteiger partial charge on any atom is -0.368 e. The third-order valence-corrected chi connectivity index (χ3v) is 5.96. The molecule has 1 aromatic heterocycles. The number of anilines is 2. The summed E-state index contributed by atoms with van der Waals surface area (Å²) in [6.45, 7) is 4.28. The zero-order valence-electron chi connectivity index (χ0n) is 16.8. The van der Waals surface area contributed by atoms with Crippen LogP contribution in [0.4, 0.5) is 11.5 Å². The van der Waals surface area contributed by atoms with Crippen LogP contribution in [0.2, 0.25) is 0 Å². The second-order valence-electron chi connectivity index (χ2n) is 7.08. The van der Waals surface area contributed by atoms with Gasteiger partial charge in [-0.15, -0.1) is 0 Å². The molecule has 0 unspecified atom stereocenters. The van der Waals surface area contributed by atoms with E-state index in [0.29, 0.717) is 12.3 Å². The van der Waals surface area contributed by atoms with Gasteiger partial charge in [0.25, 0.3) is 0 Å². The van der Waals surface area contributed by atoms with E-state index < -0.39 is 0 Å². The van der Waals surface area contributed by atoms with Crippen molar-refractivity contribution in [1.82, 2.24) is 15.3 Å². The van der Waals surface area contributed by atoms with Crippen LogP contribution in [0.15, 0.2) is 78.1 Å². The fourth-order valence-electron chi connectivity index (χ4n) is 3.40. The van der Waals surface area contributed by atoms with Gasteiger partial charge in [-0.05, 0) is 17.7 Å². The zero-order chi connectivity index (χ0) is 20.6. The maximum absolute atomic E-state index is 12.2. The molecule has 1 aliphatic rings. The van der Waals surface area contributed by atoms with Crippen LogP contribution in [0.5, 0.6) is 0 Å². The van der Waals surface area contributed by atoms with E-state index >= 15 is 0 Å². The van der Waals surface area contributed by atoms with Crippen molar-refractivity contribution in [2.45, 2.75) is 11.6 Å². The van der Waals surface area contributed by atoms with Crippen molar-refractivity contribution in [2.24, 2.45) is 0 Å². The number of nitrogens with zero attached hydrogens (tertiary/aromatic N) is 4. The van der Waals surface area contributed by atoms with E-state index in [2.05, 4.69) is 49.4 Å². The first-order valence-electron chi connectivity index (χ1n) is 10.1. The number of hydrogen-bond acceptors (Lipinski definition) is 6. The molecule has 1 N–H and O–H groups in total. The predicted octanol–water partition coefficient (Wildman–Crippen LogP) is 3.21. The monoisotopic (exact) mass is 419 g/mol. The van der Waals surface area contributed by atoms with Crippen molar-refractivity contribution in [2.75, 3.05) is 41.7 Å². The molecular formula is C23H25N5OS. The molecule has 0 atom stereocenters. The molecule has 154 valence electrons. The molecule has 2 heterocycles. The quantitative estimate of drug-likeness (QED) is 0.469. The number of para-hydroxylation sites is 1. The molecule has 1 aliphatic heterocycles. The van der Waals surface area contributed by atoms with Gasteiger partial charge < -0.3 is 15.1 Å². The second kappa shape index (κ2) is 10.1. The van der Waals surface area contributed by atoms with Gasteiger partial charge in [0.15, 0.2) is 0 Å². The second-order valence-corrected chi connectivity index (χ2v) is 8.07. The summed E-state index contributed by atoms with van der Waals surface area (Å²) >= 11 is 1.44. The third kappa shape index (κ3) is 5.51. The number of aromatic nitrogens is 2. The molecule has 3 aromatic rings. The Labute approximate surface area is 181 Å². The Morgan fingerprint density at radius 2 is 1.57 bits per heavy atom. The van der Waals surface area contributed by atoms with Crippen LogP contribution in [-0.2, 0) is 11.3 Å². The smallest absolute Gasteiger partial charge is 0.230 e. The number of nitrogens with one attached hydrogen (secondary N) is 1. The van der Waals surface area contributed by atoms with Crippen molar-refractivity contribution >= 4 is 29.2 Å². The predicted molar refractivity (Wildman–Crippen MR) is 122 cm³/mol. The Hall–Kier alpha value is -3.06. The molecular weight excluding hydrogens is 394 g/mol. The van der Waals surface area contributed by atoms with Crippen LogP contribution in [-0.4, -0.2) is 47.8 Å². The lowest BCUT2D eigenvalue weighted by atomic mass is 10.2. The van der Waals surface area contributed by atoms with Gasteiger partial charge in [0.1, 0.15) is 17.2 Å². The molecule has 0 radical (unpaired) electrons. The van der Waals surface area contributed by atoms with Crippen LogP contribution in [0.25, 0.3) is 0 Å². The highest BCUT2D eigenvalue weighted by Crippen LogP contribution is 2.22. The van der Waals surface area contributed by atoms with E-state index in [-0.39, 0.29) is 5.91 Å². The largest absolute Gasteiger partial charge is 0.368 e. The summed E-state index contributed by atoms with van der Waals surface area (Å²) < 4.78 is 0. The normalized spacial score (nSPS) is 13.9. The third-order valence-electron chi connectivity index (χ3n) is 5.04. The van der Waals surface area contributed by atoms with Crippen LogP contribution < -0.4 is 15.1 Å². The average molecular weight is 420 g/mol. The molecule has 0 spiro atoms. The van der Waals surface area contributed by atoms with Crippen LogP contribution in [0.1, 0.15) is 5.56 Å². The van der Waals surface area contributed by atoms with E-state index in [1.165, 1.54) is 17.4 Å². The van der Waals surface area contributed by atoms with E-state index in [1.807, 2.05) is 42.5 Å². The van der Waals surface area contributed by atoms with E-state index in [0.717, 1.165) is 42.6 Å². The van der Waals surface area contributed by atoms with Gasteiger partial charge in [0.2, 0.25) is 5.91 Å². The number of amides is 1. The highest BCUT2D eigenvalue weighted by molar-refractivity contribution is 7.99. The Balaban J connectivity index is 1.26. The standard InChI is InChI=1S/C23H25N5OS/c29-22(24-16-19-7-3-1-4-8-19)17-30-23-15-21(25-18-26-23)28-13-11-27(12-14-28)20-9-5-2-6-10-20/h1-10,15,18H,11-14,16-17H2,(H,24,29). The molecule has 7 heteroatoms. The number of carbonyl (C=O) groups excluding carboxylic acids is 1. The molecule has 0 aliphatic carbocycles. The lowest BCUT2D eigenvalue weighted by molar-refractivity contribution is -0.118. The van der Waals surface area contributed by atoms with Crippen molar-refractivity contribution in [3.63, 3.8) is 0 Å². The van der Waals surface area contributed by atoms with Gasteiger partial charge >= 0.3 is 0 Å². The first-order chi connectivity index (χ1) is 14.8. The molecule has 4 rings (SSSR count). The van der Waals surface area contributed by atoms with Gasteiger partial charge in [-0.3, -0.25) is 4.79 Å². The first-order valence-corrected chi connectivity index (χ1v) is 11.1. The minimum absolute atomic E-state index is 0.000454. The van der Waals surface area contributed by atoms with Crippen molar-refractivity contribution in [3.8, 4) is 0 Å². The van der Waals surface area contributed by atoms with Crippen LogP contribution >= 0.6 is 11.8 Å². The van der Waals surface area contributed by atoms with Crippen LogP contribution in [0.3, 0.4) is 0 Å². The summed E-state index contributed by atoms with van der Waals surface area (Å²) in [7, 11) is 0. The van der Waals surface area contributed by atoms with Crippen molar-refractivity contribution < 1.29 is 4.79 Å². The van der Waals surface area contributed by atoms with Gasteiger partial charge in [-0.2, -0.15) is 0 Å². The number of piperazine rings is 1. The minimum atomic E-state index is 0.000454. The Kier molecular flexibility index (Phi) is 6.82. The average Bonchev–Trinajstić information content (AvgIpc) is 2.83. The lowest BCUT2D eigenvalue weighted by Crippen LogP contribution is -2.46. The summed E-state index contributed by atoms with van der Waals surface area (Å²) in [6.07, 6.45) is 1.59. The summed E-state index contributed by atoms with van der Waals surface area (Å²) in [5, 5.41) is 3.77. The van der Waals surface area contributed by atoms with Crippen molar-refractivity contribution in [1.29, 1.82) is 0 Å². The number of carbonyl (C=O) groups is 1. The Morgan fingerprint density at radius 3 is 2.30 bits per heavy atom. The van der Waals surface area contributed by atoms with Crippen molar-refractivity contribution in [3.05, 3.63) is 78.6 Å². The van der Waals surface area contributed by atoms with E-state index in [4.69, 9.17) is 0 Å². The maximum Gasteiger partial charge on any atom is 0.230 e. The lowest BCUT2D eigenvalue weighted by Gasteiger charge is -2.36. The van der Waals surface area contributed by atoms with Gasteiger partial charge in [-0.1, -0.05) is 60.3 Å². The molecule has 1 amide bonds. The molecule has 0 saturated carbocycles. The fraction of sp³-hybridized carbons (Fsp3) is 0.261. The zero-order valence-corrected chi connectivity index (χ0v) is 17.6. The fourth-order valence-corrected chi connectivity index (χ4v) is 4.09. The van der Waals surface area contributed by atoms with E-state index in [1.54, 1.807) is 6.33 Å². The number of hydrogen-bond donors (Lipinski definition) is 1. The molecule has 0 bridgehead atoms. The SMILES string of the molecule is O=C(CSc1cc(N2CCN(c3ccccc3)CC2)ncn1)NCc1ccccc1. The Morgan fingerprint density at radius 1 is 0.900 bits per heavy atom. The first kappa shape index (κ1) is 20.2. The summed E-state index contributed by atoms with van der Waals surface area (Å²) in [6, 6.07) is 22.4. The molecule has 6 nitrogen and oxygen atoms in total. The number of thioether (sulfide) groups is 1. The topological polar surface area (TPSA) is 61.4 Å².